The standard InChI is InChI=1S/C18H16N2O2/c1-13(2)15-5-3-14(4-6-15)11-17(12-19)16-7-9-18(10-8-16)20(21)22/h3-11,13H,1-2H3. The normalized spacial score (nSPS) is 11.3. The molecule has 0 aliphatic carbocycles. The van der Waals surface area contributed by atoms with Crippen LogP contribution < -0.4 is 0 Å². The number of hydrogen-bond donors (Lipinski definition) is 0. The largest absolute Gasteiger partial charge is 0.269 e. The number of nitro groups is 1. The molecule has 0 unspecified atom stereocenters. The molecule has 0 aliphatic heterocycles. The number of hydrogen-bond acceptors (Lipinski definition) is 3. The summed E-state index contributed by atoms with van der Waals surface area (Å²) in [6.07, 6.45) is 1.78. The molecule has 0 aliphatic rings. The fourth-order valence-electron chi connectivity index (χ4n) is 2.09. The number of nitro benzene ring substituents is 1. The summed E-state index contributed by atoms with van der Waals surface area (Å²) in [4.78, 5) is 10.2. The molecular weight excluding hydrogens is 276 g/mol. The first kappa shape index (κ1) is 15.5. The molecule has 0 heterocycles. The van der Waals surface area contributed by atoms with Crippen molar-refractivity contribution < 1.29 is 4.92 Å². The summed E-state index contributed by atoms with van der Waals surface area (Å²) in [5, 5.41) is 20.0. The molecule has 110 valence electrons. The summed E-state index contributed by atoms with van der Waals surface area (Å²) in [5.74, 6) is 0.461. The van der Waals surface area contributed by atoms with E-state index in [1.54, 1.807) is 18.2 Å². The molecule has 0 spiro atoms. The van der Waals surface area contributed by atoms with E-state index >= 15 is 0 Å². The van der Waals surface area contributed by atoms with Crippen molar-refractivity contribution in [3.63, 3.8) is 0 Å². The number of benzene rings is 2. The third-order valence-corrected chi connectivity index (χ3v) is 3.42. The van der Waals surface area contributed by atoms with Crippen LogP contribution in [-0.4, -0.2) is 4.92 Å². The molecule has 0 fully saturated rings. The van der Waals surface area contributed by atoms with E-state index in [1.165, 1.54) is 17.7 Å². The zero-order valence-corrected chi connectivity index (χ0v) is 12.5. The molecule has 0 N–H and O–H groups in total. The molecule has 0 amide bonds. The highest BCUT2D eigenvalue weighted by Crippen LogP contribution is 2.22. The van der Waals surface area contributed by atoms with Crippen molar-refractivity contribution >= 4 is 17.3 Å². The third-order valence-electron chi connectivity index (χ3n) is 3.42. The van der Waals surface area contributed by atoms with E-state index in [0.717, 1.165) is 5.56 Å². The lowest BCUT2D eigenvalue weighted by atomic mass is 9.99. The lowest BCUT2D eigenvalue weighted by Crippen LogP contribution is -1.89. The van der Waals surface area contributed by atoms with E-state index in [1.807, 2.05) is 24.3 Å². The predicted octanol–water partition coefficient (Wildman–Crippen LogP) is 4.78. The highest BCUT2D eigenvalue weighted by molar-refractivity contribution is 5.89. The maximum Gasteiger partial charge on any atom is 0.269 e. The maximum atomic E-state index is 10.7. The molecular formula is C18H16N2O2. The Bertz CT molecular complexity index is 736. The first-order valence-corrected chi connectivity index (χ1v) is 6.98. The maximum absolute atomic E-state index is 10.7. The van der Waals surface area contributed by atoms with Crippen molar-refractivity contribution in [3.8, 4) is 6.07 Å². The minimum atomic E-state index is -0.454. The molecule has 4 heteroatoms. The van der Waals surface area contributed by atoms with E-state index in [4.69, 9.17) is 0 Å². The minimum absolute atomic E-state index is 0.0160. The van der Waals surface area contributed by atoms with E-state index in [9.17, 15) is 15.4 Å². The van der Waals surface area contributed by atoms with Crippen molar-refractivity contribution in [1.82, 2.24) is 0 Å². The van der Waals surface area contributed by atoms with Crippen LogP contribution in [-0.2, 0) is 0 Å². The van der Waals surface area contributed by atoms with E-state index in [-0.39, 0.29) is 5.69 Å². The number of allylic oxidation sites excluding steroid dienone is 1. The fraction of sp³-hybridized carbons (Fsp3) is 0.167. The Hall–Kier alpha value is -2.93. The summed E-state index contributed by atoms with van der Waals surface area (Å²) in [6.45, 7) is 4.25. The van der Waals surface area contributed by atoms with Gasteiger partial charge in [0.05, 0.1) is 16.6 Å². The van der Waals surface area contributed by atoms with Gasteiger partial charge in [-0.3, -0.25) is 10.1 Å². The van der Waals surface area contributed by atoms with Gasteiger partial charge in [-0.15, -0.1) is 0 Å². The van der Waals surface area contributed by atoms with Gasteiger partial charge in [-0.2, -0.15) is 5.26 Å². The molecule has 0 radical (unpaired) electrons. The molecule has 0 aromatic heterocycles. The zero-order valence-electron chi connectivity index (χ0n) is 12.5. The first-order valence-electron chi connectivity index (χ1n) is 6.98. The van der Waals surface area contributed by atoms with Gasteiger partial charge in [0.25, 0.3) is 5.69 Å². The van der Waals surface area contributed by atoms with Crippen LogP contribution in [0.1, 0.15) is 36.5 Å². The molecule has 2 aromatic carbocycles. The van der Waals surface area contributed by atoms with Gasteiger partial charge in [0, 0.05) is 12.1 Å². The van der Waals surface area contributed by atoms with Crippen LogP contribution in [0.25, 0.3) is 11.6 Å². The molecule has 0 atom stereocenters. The van der Waals surface area contributed by atoms with Crippen LogP contribution in [0.2, 0.25) is 0 Å². The average molecular weight is 292 g/mol. The summed E-state index contributed by atoms with van der Waals surface area (Å²) in [7, 11) is 0. The Balaban J connectivity index is 2.31. The molecule has 0 saturated heterocycles. The molecule has 22 heavy (non-hydrogen) atoms. The van der Waals surface area contributed by atoms with Gasteiger partial charge < -0.3 is 0 Å². The second kappa shape index (κ2) is 6.68. The van der Waals surface area contributed by atoms with Crippen LogP contribution in [0.15, 0.2) is 48.5 Å². The SMILES string of the molecule is CC(C)c1ccc(C=C(C#N)c2ccc([N+](=O)[O-])cc2)cc1. The van der Waals surface area contributed by atoms with Gasteiger partial charge in [-0.1, -0.05) is 38.1 Å². The second-order valence-electron chi connectivity index (χ2n) is 5.30. The lowest BCUT2D eigenvalue weighted by molar-refractivity contribution is -0.384. The summed E-state index contributed by atoms with van der Waals surface area (Å²) in [6, 6.07) is 16.2. The van der Waals surface area contributed by atoms with Gasteiger partial charge in [-0.25, -0.2) is 0 Å². The van der Waals surface area contributed by atoms with Crippen molar-refractivity contribution in [2.75, 3.05) is 0 Å². The molecule has 0 bridgehead atoms. The smallest absolute Gasteiger partial charge is 0.258 e. The van der Waals surface area contributed by atoms with Crippen LogP contribution in [0.3, 0.4) is 0 Å². The van der Waals surface area contributed by atoms with Crippen LogP contribution in [0.4, 0.5) is 5.69 Å². The summed E-state index contributed by atoms with van der Waals surface area (Å²) in [5.41, 5.74) is 3.33. The van der Waals surface area contributed by atoms with E-state index in [0.29, 0.717) is 17.1 Å². The van der Waals surface area contributed by atoms with Crippen molar-refractivity contribution in [2.24, 2.45) is 0 Å². The third kappa shape index (κ3) is 3.58. The summed E-state index contributed by atoms with van der Waals surface area (Å²) >= 11 is 0. The predicted molar refractivity (Wildman–Crippen MR) is 87.1 cm³/mol. The monoisotopic (exact) mass is 292 g/mol. The molecule has 2 aromatic rings. The van der Waals surface area contributed by atoms with Crippen molar-refractivity contribution in [1.29, 1.82) is 5.26 Å². The van der Waals surface area contributed by atoms with Crippen molar-refractivity contribution in [2.45, 2.75) is 19.8 Å². The molecule has 4 nitrogen and oxygen atoms in total. The number of rotatable bonds is 4. The minimum Gasteiger partial charge on any atom is -0.258 e. The first-order chi connectivity index (χ1) is 10.5. The van der Waals surface area contributed by atoms with E-state index in [2.05, 4.69) is 19.9 Å². The lowest BCUT2D eigenvalue weighted by Gasteiger charge is -2.05. The highest BCUT2D eigenvalue weighted by atomic mass is 16.6. The van der Waals surface area contributed by atoms with Gasteiger partial charge in [-0.05, 0) is 40.8 Å². The Morgan fingerprint density at radius 2 is 1.73 bits per heavy atom. The van der Waals surface area contributed by atoms with Gasteiger partial charge in [0.2, 0.25) is 0 Å². The zero-order chi connectivity index (χ0) is 16.1. The van der Waals surface area contributed by atoms with Crippen LogP contribution >= 0.6 is 0 Å². The van der Waals surface area contributed by atoms with Crippen molar-refractivity contribution in [3.05, 3.63) is 75.3 Å². The highest BCUT2D eigenvalue weighted by Gasteiger charge is 2.07. The summed E-state index contributed by atoms with van der Waals surface area (Å²) < 4.78 is 0. The van der Waals surface area contributed by atoms with Gasteiger partial charge in [0.1, 0.15) is 0 Å². The number of non-ortho nitro benzene ring substituents is 1. The Morgan fingerprint density at radius 1 is 1.14 bits per heavy atom. The quantitative estimate of drug-likeness (QED) is 0.352. The van der Waals surface area contributed by atoms with Crippen LogP contribution in [0.5, 0.6) is 0 Å². The van der Waals surface area contributed by atoms with Gasteiger partial charge >= 0.3 is 0 Å². The molecule has 0 saturated carbocycles. The topological polar surface area (TPSA) is 66.9 Å². The second-order valence-corrected chi connectivity index (χ2v) is 5.30. The Morgan fingerprint density at radius 3 is 2.18 bits per heavy atom. The Labute approximate surface area is 129 Å². The number of nitriles is 1. The average Bonchev–Trinajstić information content (AvgIpc) is 2.53. The molecule has 2 rings (SSSR count). The van der Waals surface area contributed by atoms with Gasteiger partial charge in [0.15, 0.2) is 0 Å². The van der Waals surface area contributed by atoms with E-state index < -0.39 is 4.92 Å². The Kier molecular flexibility index (Phi) is 4.70. The van der Waals surface area contributed by atoms with Crippen LogP contribution in [0, 0.1) is 21.4 Å². The fourth-order valence-corrected chi connectivity index (χ4v) is 2.09. The number of nitrogens with zero attached hydrogens (tertiary/aromatic N) is 2.